The summed E-state index contributed by atoms with van der Waals surface area (Å²) in [7, 11) is 0. The normalized spacial score (nSPS) is 18.4. The molecule has 0 spiro atoms. The van der Waals surface area contributed by atoms with Crippen LogP contribution >= 0.6 is 12.4 Å². The number of hydrogen-bond acceptors (Lipinski definition) is 4. The van der Waals surface area contributed by atoms with E-state index >= 15 is 0 Å². The molecular formula is C15H20ClN5O. The minimum atomic E-state index is 0. The number of carbonyl (C=O) groups is 1. The predicted molar refractivity (Wildman–Crippen MR) is 86.6 cm³/mol. The maximum Gasteiger partial charge on any atom is 0.256 e. The number of amides is 1. The minimum absolute atomic E-state index is 0. The highest BCUT2D eigenvalue weighted by molar-refractivity contribution is 5.97. The lowest BCUT2D eigenvalue weighted by Gasteiger charge is -2.27. The fourth-order valence-electron chi connectivity index (χ4n) is 2.64. The molecule has 1 unspecified atom stereocenters. The minimum Gasteiger partial charge on any atom is -0.335 e. The van der Waals surface area contributed by atoms with E-state index in [1.165, 1.54) is 4.80 Å². The van der Waals surface area contributed by atoms with E-state index in [4.69, 9.17) is 0 Å². The molecule has 2 aromatic rings. The van der Waals surface area contributed by atoms with Crippen LogP contribution in [0.15, 0.2) is 36.7 Å². The molecule has 1 fully saturated rings. The number of nitrogens with one attached hydrogen (secondary N) is 1. The molecular weight excluding hydrogens is 302 g/mol. The van der Waals surface area contributed by atoms with Crippen LogP contribution in [-0.4, -0.2) is 51.5 Å². The average Bonchev–Trinajstić information content (AvgIpc) is 2.96. The molecule has 1 saturated heterocycles. The Morgan fingerprint density at radius 3 is 2.73 bits per heavy atom. The van der Waals surface area contributed by atoms with Crippen molar-refractivity contribution >= 4 is 18.3 Å². The smallest absolute Gasteiger partial charge is 0.256 e. The van der Waals surface area contributed by atoms with Crippen molar-refractivity contribution in [3.63, 3.8) is 0 Å². The van der Waals surface area contributed by atoms with Gasteiger partial charge in [0.25, 0.3) is 5.91 Å². The Kier molecular flexibility index (Phi) is 5.51. The second kappa shape index (κ2) is 7.38. The van der Waals surface area contributed by atoms with Crippen LogP contribution in [0.3, 0.4) is 0 Å². The summed E-state index contributed by atoms with van der Waals surface area (Å²) in [5, 5.41) is 11.6. The predicted octanol–water partition coefficient (Wildman–Crippen LogP) is 1.51. The lowest BCUT2D eigenvalue weighted by atomic mass is 10.1. The molecule has 1 amide bonds. The third kappa shape index (κ3) is 3.28. The highest BCUT2D eigenvalue weighted by Gasteiger charge is 2.25. The van der Waals surface area contributed by atoms with Gasteiger partial charge in [-0.25, -0.2) is 0 Å². The molecule has 0 saturated carbocycles. The average molecular weight is 322 g/mol. The van der Waals surface area contributed by atoms with Crippen molar-refractivity contribution in [1.29, 1.82) is 0 Å². The van der Waals surface area contributed by atoms with Crippen LogP contribution in [0.25, 0.3) is 5.69 Å². The highest BCUT2D eigenvalue weighted by atomic mass is 35.5. The maximum atomic E-state index is 12.9. The number of nitrogens with zero attached hydrogens (tertiary/aromatic N) is 4. The van der Waals surface area contributed by atoms with E-state index in [2.05, 4.69) is 22.4 Å². The summed E-state index contributed by atoms with van der Waals surface area (Å²) in [4.78, 5) is 16.3. The van der Waals surface area contributed by atoms with Crippen LogP contribution in [0.2, 0.25) is 0 Å². The number of para-hydroxylation sites is 1. The molecule has 6 nitrogen and oxygen atoms in total. The van der Waals surface area contributed by atoms with Crippen molar-refractivity contribution in [2.75, 3.05) is 19.6 Å². The summed E-state index contributed by atoms with van der Waals surface area (Å²) in [6.07, 6.45) is 4.19. The lowest BCUT2D eigenvalue weighted by Crippen LogP contribution is -2.40. The molecule has 1 aliphatic heterocycles. The first kappa shape index (κ1) is 16.5. The van der Waals surface area contributed by atoms with E-state index in [1.54, 1.807) is 12.4 Å². The Morgan fingerprint density at radius 1 is 1.23 bits per heavy atom. The molecule has 0 radical (unpaired) electrons. The zero-order valence-electron chi connectivity index (χ0n) is 12.5. The van der Waals surface area contributed by atoms with Gasteiger partial charge < -0.3 is 10.2 Å². The SMILES string of the molecule is CC1CCNCCN1C(=O)c1ccccc1-n1nccn1.Cl. The van der Waals surface area contributed by atoms with Crippen molar-refractivity contribution in [1.82, 2.24) is 25.2 Å². The van der Waals surface area contributed by atoms with Gasteiger partial charge in [0.1, 0.15) is 0 Å². The Morgan fingerprint density at radius 2 is 1.95 bits per heavy atom. The van der Waals surface area contributed by atoms with E-state index in [1.807, 2.05) is 29.2 Å². The lowest BCUT2D eigenvalue weighted by molar-refractivity contribution is 0.0704. The molecule has 1 aromatic heterocycles. The quantitative estimate of drug-likeness (QED) is 0.911. The Hall–Kier alpha value is -1.92. The van der Waals surface area contributed by atoms with E-state index in [9.17, 15) is 4.79 Å². The highest BCUT2D eigenvalue weighted by Crippen LogP contribution is 2.18. The van der Waals surface area contributed by atoms with Crippen LogP contribution in [0.1, 0.15) is 23.7 Å². The van der Waals surface area contributed by atoms with Gasteiger partial charge in [0.2, 0.25) is 0 Å². The van der Waals surface area contributed by atoms with E-state index < -0.39 is 0 Å². The van der Waals surface area contributed by atoms with Gasteiger partial charge in [-0.2, -0.15) is 15.0 Å². The van der Waals surface area contributed by atoms with Crippen LogP contribution < -0.4 is 5.32 Å². The van der Waals surface area contributed by atoms with Crippen molar-refractivity contribution in [3.8, 4) is 5.69 Å². The van der Waals surface area contributed by atoms with E-state index in [-0.39, 0.29) is 24.4 Å². The number of hydrogen-bond donors (Lipinski definition) is 1. The molecule has 7 heteroatoms. The standard InChI is InChI=1S/C15H19N5O.ClH/c1-12-6-7-16-10-11-19(12)15(21)13-4-2-3-5-14(13)20-17-8-9-18-20;/h2-5,8-9,12,16H,6-7,10-11H2,1H3;1H. The van der Waals surface area contributed by atoms with E-state index in [0.717, 1.165) is 31.7 Å². The Labute approximate surface area is 135 Å². The summed E-state index contributed by atoms with van der Waals surface area (Å²) in [6, 6.07) is 7.70. The number of aromatic nitrogens is 3. The summed E-state index contributed by atoms with van der Waals surface area (Å²) in [6.45, 7) is 4.60. The first-order chi connectivity index (χ1) is 10.3. The van der Waals surface area contributed by atoms with Crippen molar-refractivity contribution in [3.05, 3.63) is 42.2 Å². The molecule has 0 bridgehead atoms. The largest absolute Gasteiger partial charge is 0.335 e. The zero-order valence-corrected chi connectivity index (χ0v) is 13.3. The summed E-state index contributed by atoms with van der Waals surface area (Å²) >= 11 is 0. The summed E-state index contributed by atoms with van der Waals surface area (Å²) in [5.74, 6) is 0.0408. The van der Waals surface area contributed by atoms with Gasteiger partial charge in [-0.15, -0.1) is 12.4 Å². The first-order valence-electron chi connectivity index (χ1n) is 7.25. The third-order valence-corrected chi connectivity index (χ3v) is 3.83. The molecule has 1 aromatic carbocycles. The molecule has 1 N–H and O–H groups in total. The summed E-state index contributed by atoms with van der Waals surface area (Å²) < 4.78 is 0. The van der Waals surface area contributed by atoms with Gasteiger partial charge in [0, 0.05) is 19.1 Å². The van der Waals surface area contributed by atoms with Gasteiger partial charge in [0.15, 0.2) is 0 Å². The van der Waals surface area contributed by atoms with Gasteiger partial charge in [-0.3, -0.25) is 4.79 Å². The second-order valence-electron chi connectivity index (χ2n) is 5.22. The van der Waals surface area contributed by atoms with Crippen molar-refractivity contribution in [2.24, 2.45) is 0 Å². The van der Waals surface area contributed by atoms with Crippen molar-refractivity contribution < 1.29 is 4.79 Å². The van der Waals surface area contributed by atoms with Crippen molar-refractivity contribution in [2.45, 2.75) is 19.4 Å². The number of rotatable bonds is 2. The van der Waals surface area contributed by atoms with Gasteiger partial charge >= 0.3 is 0 Å². The molecule has 118 valence electrons. The Balaban J connectivity index is 0.00000176. The Bertz CT molecular complexity index is 616. The maximum absolute atomic E-state index is 12.9. The zero-order chi connectivity index (χ0) is 14.7. The van der Waals surface area contributed by atoms with E-state index in [0.29, 0.717) is 5.56 Å². The topological polar surface area (TPSA) is 63.1 Å². The summed E-state index contributed by atoms with van der Waals surface area (Å²) in [5.41, 5.74) is 1.36. The second-order valence-corrected chi connectivity index (χ2v) is 5.22. The van der Waals surface area contributed by atoms with Crippen LogP contribution in [0.5, 0.6) is 0 Å². The first-order valence-corrected chi connectivity index (χ1v) is 7.25. The monoisotopic (exact) mass is 321 g/mol. The van der Waals surface area contributed by atoms with Gasteiger partial charge in [0.05, 0.1) is 23.6 Å². The number of benzene rings is 1. The molecule has 22 heavy (non-hydrogen) atoms. The van der Waals surface area contributed by atoms with Crippen LogP contribution in [-0.2, 0) is 0 Å². The molecule has 1 atom stereocenters. The molecule has 0 aliphatic carbocycles. The number of halogens is 1. The molecule has 3 rings (SSSR count). The van der Waals surface area contributed by atoms with Gasteiger partial charge in [-0.1, -0.05) is 12.1 Å². The fraction of sp³-hybridized carbons (Fsp3) is 0.400. The third-order valence-electron chi connectivity index (χ3n) is 3.83. The van der Waals surface area contributed by atoms with Crippen LogP contribution in [0.4, 0.5) is 0 Å². The molecule has 2 heterocycles. The fourth-order valence-corrected chi connectivity index (χ4v) is 2.64. The van der Waals surface area contributed by atoms with Crippen LogP contribution in [0, 0.1) is 0 Å². The molecule has 1 aliphatic rings. The van der Waals surface area contributed by atoms with Gasteiger partial charge in [-0.05, 0) is 32.0 Å². The number of carbonyl (C=O) groups excluding carboxylic acids is 1.